The second kappa shape index (κ2) is 35.5. The molecule has 0 aromatic heterocycles. The van der Waals surface area contributed by atoms with Gasteiger partial charge >= 0.3 is 0 Å². The van der Waals surface area contributed by atoms with Gasteiger partial charge in [0.25, 0.3) is 0 Å². The molecule has 0 fully saturated rings. The number of aryl methyl sites for hydroxylation is 4. The van der Waals surface area contributed by atoms with Gasteiger partial charge in [-0.25, -0.2) is 4.70 Å². The molecule has 0 aliphatic carbocycles. The molecule has 0 amide bonds. The van der Waals surface area contributed by atoms with Crippen molar-refractivity contribution in [2.24, 2.45) is 0 Å². The van der Waals surface area contributed by atoms with Gasteiger partial charge in [-0.15, -0.1) is 0 Å². The fraction of sp³-hybridized carbons (Fsp3) is 0.710. The highest BCUT2D eigenvalue weighted by molar-refractivity contribution is 5.81. The molecule has 0 unspecified atom stereocenters. The van der Waals surface area contributed by atoms with E-state index in [4.69, 9.17) is 0 Å². The van der Waals surface area contributed by atoms with E-state index in [-0.39, 0.29) is 0 Å². The number of unbranched alkanes of at least 4 members (excludes halogenated alkanes) is 24. The summed E-state index contributed by atoms with van der Waals surface area (Å²) in [6, 6.07) is 9.99. The third-order valence-corrected chi connectivity index (χ3v) is 14.2. The highest BCUT2D eigenvalue weighted by Crippen LogP contribution is 2.40. The van der Waals surface area contributed by atoms with Gasteiger partial charge in [-0.2, -0.15) is 0 Å². The molecule has 1 aliphatic heterocycles. The first-order chi connectivity index (χ1) is 31.5. The van der Waals surface area contributed by atoms with E-state index < -0.39 is 0 Å². The lowest BCUT2D eigenvalue weighted by Gasteiger charge is -2.20. The molecule has 0 radical (unpaired) electrons. The quantitative estimate of drug-likeness (QED) is 0.0471. The van der Waals surface area contributed by atoms with Gasteiger partial charge in [0.2, 0.25) is 11.4 Å². The van der Waals surface area contributed by atoms with Crippen molar-refractivity contribution in [1.82, 2.24) is 0 Å². The van der Waals surface area contributed by atoms with E-state index in [0.717, 1.165) is 49.1 Å². The number of hydrogen-bond acceptors (Lipinski definition) is 0. The normalized spacial score (nSPS) is 13.0. The Kier molecular flexibility index (Phi) is 30.8. The van der Waals surface area contributed by atoms with Crippen molar-refractivity contribution in [2.75, 3.05) is 0 Å². The molecule has 2 heteroatoms. The van der Waals surface area contributed by atoms with E-state index in [9.17, 15) is 5.53 Å². The molecule has 1 aliphatic rings. The van der Waals surface area contributed by atoms with Gasteiger partial charge in [-0.05, 0) is 148 Å². The Morgan fingerprint density at radius 1 is 0.375 bits per heavy atom. The molecule has 1 heterocycles. The van der Waals surface area contributed by atoms with Crippen LogP contribution in [0.5, 0.6) is 0 Å². The van der Waals surface area contributed by atoms with Crippen molar-refractivity contribution in [3.63, 3.8) is 0 Å². The van der Waals surface area contributed by atoms with Crippen LogP contribution >= 0.6 is 0 Å². The minimum Gasteiger partial charge on any atom is -0.493 e. The Hall–Kier alpha value is -2.74. The van der Waals surface area contributed by atoms with Crippen LogP contribution in [0.3, 0.4) is 0 Å². The van der Waals surface area contributed by atoms with E-state index in [1.54, 1.807) is 15.8 Å². The number of allylic oxidation sites excluding steroid dienone is 4. The van der Waals surface area contributed by atoms with Gasteiger partial charge < -0.3 is 5.53 Å². The number of benzene rings is 2. The summed E-state index contributed by atoms with van der Waals surface area (Å²) >= 11 is 0. The first-order valence-corrected chi connectivity index (χ1v) is 28.4. The van der Waals surface area contributed by atoms with Crippen LogP contribution in [-0.4, -0.2) is 4.70 Å². The molecule has 0 saturated carbocycles. The van der Waals surface area contributed by atoms with Gasteiger partial charge in [-0.1, -0.05) is 208 Å². The van der Waals surface area contributed by atoms with Crippen molar-refractivity contribution in [3.05, 3.63) is 98.1 Å². The molecule has 360 valence electrons. The first-order valence-electron chi connectivity index (χ1n) is 28.4. The smallest absolute Gasteiger partial charge is 0.214 e. The van der Waals surface area contributed by atoms with Gasteiger partial charge in [0.05, 0.1) is 5.57 Å². The molecular weight excluding hydrogens is 773 g/mol. The Balaban J connectivity index is 2.06. The Morgan fingerprint density at radius 2 is 0.703 bits per heavy atom. The van der Waals surface area contributed by atoms with E-state index >= 15 is 0 Å². The molecule has 0 atom stereocenters. The van der Waals surface area contributed by atoms with Crippen molar-refractivity contribution in [1.29, 1.82) is 0 Å². The first kappa shape index (κ1) is 55.6. The predicted octanol–water partition coefficient (Wildman–Crippen LogP) is 20.5. The zero-order chi connectivity index (χ0) is 46.0. The summed E-state index contributed by atoms with van der Waals surface area (Å²) in [7, 11) is 0. The van der Waals surface area contributed by atoms with Crippen molar-refractivity contribution < 1.29 is 4.70 Å². The van der Waals surface area contributed by atoms with Crippen molar-refractivity contribution in [2.45, 2.75) is 286 Å². The fourth-order valence-corrected chi connectivity index (χ4v) is 10.1. The zero-order valence-corrected chi connectivity index (χ0v) is 43.6. The summed E-state index contributed by atoms with van der Waals surface area (Å²) < 4.78 is 1.62. The molecule has 2 nitrogen and oxygen atoms in total. The molecule has 0 saturated heterocycles. The SMILES string of the molecule is CCCCCCCCCCCCC=CC1=C(c2cc(CCCC)c(CCCCCCCC)c(CCCC)c2)[N+](=[N-])C(c2cc(CCCC)c(CCCCCCCC)c(CCCC)c2)=C1. The van der Waals surface area contributed by atoms with Crippen LogP contribution < -0.4 is 0 Å². The molecule has 2 aromatic carbocycles. The predicted molar refractivity (Wildman–Crippen MR) is 286 cm³/mol. The maximum Gasteiger partial charge on any atom is 0.214 e. The third-order valence-electron chi connectivity index (χ3n) is 14.2. The molecule has 0 N–H and O–H groups in total. The lowest BCUT2D eigenvalue weighted by Crippen LogP contribution is -2.09. The van der Waals surface area contributed by atoms with Gasteiger partial charge in [-0.3, -0.25) is 0 Å². The average Bonchev–Trinajstić information content (AvgIpc) is 3.64. The monoisotopic (exact) mass is 875 g/mol. The molecule has 2 aromatic rings. The zero-order valence-electron chi connectivity index (χ0n) is 43.6. The third kappa shape index (κ3) is 20.4. The van der Waals surface area contributed by atoms with E-state index in [1.807, 2.05) is 0 Å². The molecule has 0 spiro atoms. The lowest BCUT2D eigenvalue weighted by atomic mass is 9.87. The maximum absolute atomic E-state index is 12.7. The summed E-state index contributed by atoms with van der Waals surface area (Å²) in [5.41, 5.74) is 27.6. The van der Waals surface area contributed by atoms with E-state index in [0.29, 0.717) is 0 Å². The van der Waals surface area contributed by atoms with Crippen LogP contribution in [0.25, 0.3) is 16.9 Å². The summed E-state index contributed by atoms with van der Waals surface area (Å²) in [6.45, 7) is 16.3. The van der Waals surface area contributed by atoms with Crippen molar-refractivity contribution >= 4 is 11.4 Å². The summed E-state index contributed by atoms with van der Waals surface area (Å²) in [5, 5.41) is 0. The van der Waals surface area contributed by atoms with Crippen LogP contribution in [0, 0.1) is 0 Å². The molecule has 0 bridgehead atoms. The Bertz CT molecular complexity index is 1590. The largest absolute Gasteiger partial charge is 0.493 e. The van der Waals surface area contributed by atoms with Gasteiger partial charge in [0.15, 0.2) is 0 Å². The Morgan fingerprint density at radius 3 is 1.08 bits per heavy atom. The van der Waals surface area contributed by atoms with E-state index in [2.05, 4.69) is 91.0 Å². The number of rotatable bonds is 40. The minimum atomic E-state index is 0.955. The maximum atomic E-state index is 12.7. The highest BCUT2D eigenvalue weighted by Gasteiger charge is 2.30. The summed E-state index contributed by atoms with van der Waals surface area (Å²) in [5.74, 6) is 0. The number of hydrogen-bond donors (Lipinski definition) is 0. The summed E-state index contributed by atoms with van der Waals surface area (Å²) in [6.07, 6.45) is 54.4. The lowest BCUT2D eigenvalue weighted by molar-refractivity contribution is -0.344. The van der Waals surface area contributed by atoms with Gasteiger partial charge in [0.1, 0.15) is 0 Å². The second-order valence-corrected chi connectivity index (χ2v) is 20.0. The van der Waals surface area contributed by atoms with Gasteiger partial charge in [0, 0.05) is 17.2 Å². The second-order valence-electron chi connectivity index (χ2n) is 20.0. The number of nitrogens with zero attached hydrogens (tertiary/aromatic N) is 2. The molecule has 64 heavy (non-hydrogen) atoms. The Labute approximate surface area is 398 Å². The molecular formula is C62H102N2. The fourth-order valence-electron chi connectivity index (χ4n) is 10.1. The minimum absolute atomic E-state index is 0.955. The van der Waals surface area contributed by atoms with Crippen LogP contribution in [0.2, 0.25) is 0 Å². The standard InChI is InChI=1S/C62H102N2/c1-8-15-22-25-28-29-30-31-32-33-34-37-44-56-51-61(57-47-52(40-18-11-4)59(53(48-57)41-19-12-5)45-38-35-26-23-16-9-2)64(63)62(56)58-49-54(42-20-13-6)60(55(50-58)43-21-14-7)46-39-36-27-24-17-10-3/h37,44,47-51H,8-36,38-43,45-46H2,1-7H3. The highest BCUT2D eigenvalue weighted by atomic mass is 15.2. The van der Waals surface area contributed by atoms with Crippen molar-refractivity contribution in [3.8, 4) is 0 Å². The van der Waals surface area contributed by atoms with Crippen LogP contribution in [0.4, 0.5) is 0 Å². The topological polar surface area (TPSA) is 25.3 Å². The summed E-state index contributed by atoms with van der Waals surface area (Å²) in [4.78, 5) is 0. The van der Waals surface area contributed by atoms with Crippen LogP contribution in [-0.2, 0) is 38.5 Å². The van der Waals surface area contributed by atoms with Crippen LogP contribution in [0.15, 0.2) is 48.1 Å². The van der Waals surface area contributed by atoms with E-state index in [1.165, 1.54) is 239 Å². The molecule has 3 rings (SSSR count). The average molecular weight is 876 g/mol. The van der Waals surface area contributed by atoms with Crippen LogP contribution in [0.1, 0.15) is 292 Å².